The Hall–Kier alpha value is -1.50. The number of hydrogen-bond donors (Lipinski definition) is 2. The van der Waals surface area contributed by atoms with E-state index in [9.17, 15) is 0 Å². The van der Waals surface area contributed by atoms with Gasteiger partial charge < -0.3 is 9.31 Å². The fraction of sp³-hybridized carbons (Fsp3) is 0.389. The van der Waals surface area contributed by atoms with E-state index < -0.39 is 0 Å². The zero-order valence-electron chi connectivity index (χ0n) is 14.5. The van der Waals surface area contributed by atoms with Gasteiger partial charge in [0.2, 0.25) is 0 Å². The molecule has 1 saturated heterocycles. The van der Waals surface area contributed by atoms with Crippen molar-refractivity contribution in [1.82, 2.24) is 10.2 Å². The van der Waals surface area contributed by atoms with Gasteiger partial charge in [0.25, 0.3) is 0 Å². The highest BCUT2D eigenvalue weighted by Gasteiger charge is 2.52. The second-order valence-corrected chi connectivity index (χ2v) is 7.37. The predicted molar refractivity (Wildman–Crippen MR) is 102 cm³/mol. The van der Waals surface area contributed by atoms with Crippen LogP contribution in [0, 0.1) is 0 Å². The minimum absolute atomic E-state index is 0.343. The third-order valence-electron chi connectivity index (χ3n) is 4.81. The smallest absolute Gasteiger partial charge is 0.400 e. The lowest BCUT2D eigenvalue weighted by Crippen LogP contribution is -2.41. The van der Waals surface area contributed by atoms with Crippen molar-refractivity contribution in [3.05, 3.63) is 47.6 Å². The van der Waals surface area contributed by atoms with Gasteiger partial charge in [0.15, 0.2) is 0 Å². The van der Waals surface area contributed by atoms with Crippen LogP contribution in [0.2, 0.25) is 0 Å². The van der Waals surface area contributed by atoms with Crippen LogP contribution in [-0.4, -0.2) is 34.3 Å². The van der Waals surface area contributed by atoms with Gasteiger partial charge in [-0.1, -0.05) is 30.3 Å². The maximum Gasteiger partial charge on any atom is 0.491 e. The minimum atomic E-state index is -0.361. The summed E-state index contributed by atoms with van der Waals surface area (Å²) in [5.74, 6) is 0.582. The van der Waals surface area contributed by atoms with E-state index in [1.165, 1.54) is 0 Å². The van der Waals surface area contributed by atoms with Crippen molar-refractivity contribution in [1.29, 1.82) is 0 Å². The molecule has 2 aromatic rings. The maximum atomic E-state index is 6.12. The molecule has 0 amide bonds. The molecule has 0 atom stereocenters. The third-order valence-corrected chi connectivity index (χ3v) is 5.18. The molecule has 4 nitrogen and oxygen atoms in total. The Morgan fingerprint density at radius 1 is 1.12 bits per heavy atom. The third kappa shape index (κ3) is 3.32. The number of H-pyrrole nitrogens is 1. The summed E-state index contributed by atoms with van der Waals surface area (Å²) < 4.78 is 12.2. The summed E-state index contributed by atoms with van der Waals surface area (Å²) in [6, 6.07) is 10.2. The molecular formula is C18H23BN2O2S. The van der Waals surface area contributed by atoms with Crippen molar-refractivity contribution in [2.45, 2.75) is 38.9 Å². The number of nitrogens with zero attached hydrogens (tertiary/aromatic N) is 1. The van der Waals surface area contributed by atoms with Crippen molar-refractivity contribution in [3.8, 4) is 11.3 Å². The summed E-state index contributed by atoms with van der Waals surface area (Å²) in [5.41, 5.74) is 3.54. The van der Waals surface area contributed by atoms with Crippen LogP contribution in [0.4, 0.5) is 0 Å². The highest BCUT2D eigenvalue weighted by atomic mass is 32.1. The van der Waals surface area contributed by atoms with Crippen LogP contribution >= 0.6 is 12.6 Å². The molecule has 3 rings (SSSR count). The topological polar surface area (TPSA) is 47.1 Å². The Bertz CT molecular complexity index is 708. The van der Waals surface area contributed by atoms with E-state index in [0.717, 1.165) is 22.3 Å². The normalized spacial score (nSPS) is 19.7. The van der Waals surface area contributed by atoms with E-state index in [4.69, 9.17) is 9.31 Å². The highest BCUT2D eigenvalue weighted by molar-refractivity contribution is 7.80. The fourth-order valence-corrected chi connectivity index (χ4v) is 2.81. The molecule has 1 aromatic heterocycles. The van der Waals surface area contributed by atoms with Crippen molar-refractivity contribution in [2.75, 3.05) is 5.75 Å². The van der Waals surface area contributed by atoms with Gasteiger partial charge in [0.05, 0.1) is 16.9 Å². The zero-order chi connectivity index (χ0) is 17.4. The maximum absolute atomic E-state index is 6.12. The molecule has 1 aliphatic heterocycles. The van der Waals surface area contributed by atoms with E-state index in [2.05, 4.69) is 80.9 Å². The monoisotopic (exact) mass is 342 g/mol. The molecule has 0 aliphatic carbocycles. The molecule has 1 aliphatic rings. The van der Waals surface area contributed by atoms with Crippen molar-refractivity contribution in [2.24, 2.45) is 0 Å². The second kappa shape index (κ2) is 6.43. The lowest BCUT2D eigenvalue weighted by atomic mass is 9.78. The van der Waals surface area contributed by atoms with Gasteiger partial charge in [-0.3, -0.25) is 5.10 Å². The first-order chi connectivity index (χ1) is 11.3. The quantitative estimate of drug-likeness (QED) is 0.652. The first-order valence-electron chi connectivity index (χ1n) is 8.09. The Kier molecular flexibility index (Phi) is 4.64. The molecule has 0 unspecified atom stereocenters. The van der Waals surface area contributed by atoms with Crippen LogP contribution in [0.15, 0.2) is 42.0 Å². The second-order valence-electron chi connectivity index (χ2n) is 7.06. The van der Waals surface area contributed by atoms with Gasteiger partial charge in [-0.2, -0.15) is 17.7 Å². The highest BCUT2D eigenvalue weighted by Crippen LogP contribution is 2.39. The molecule has 24 heavy (non-hydrogen) atoms. The number of benzene rings is 1. The predicted octanol–water partition coefficient (Wildman–Crippen LogP) is 4.02. The van der Waals surface area contributed by atoms with Gasteiger partial charge in [0.1, 0.15) is 0 Å². The largest absolute Gasteiger partial charge is 0.491 e. The zero-order valence-corrected chi connectivity index (χ0v) is 15.4. The Morgan fingerprint density at radius 3 is 2.25 bits per heavy atom. The number of aromatic nitrogens is 2. The molecule has 1 fully saturated rings. The van der Waals surface area contributed by atoms with Gasteiger partial charge >= 0.3 is 7.12 Å². The lowest BCUT2D eigenvalue weighted by Gasteiger charge is -2.32. The van der Waals surface area contributed by atoms with Crippen molar-refractivity contribution in [3.63, 3.8) is 0 Å². The van der Waals surface area contributed by atoms with Gasteiger partial charge in [-0.15, -0.1) is 0 Å². The number of nitrogens with one attached hydrogen (secondary N) is 1. The summed E-state index contributed by atoms with van der Waals surface area (Å²) in [7, 11) is -0.361. The standard InChI is InChI=1S/C18H23BN2O2S/c1-17(2)18(3,4)23-19(22-17)15(12-24)11-13-5-7-14(8-6-13)16-9-10-20-21-16/h5-11,24H,12H2,1-4H3,(H,20,21). The Morgan fingerprint density at radius 2 is 1.75 bits per heavy atom. The molecule has 126 valence electrons. The average molecular weight is 342 g/mol. The minimum Gasteiger partial charge on any atom is -0.400 e. The SMILES string of the molecule is CC1(C)OB(C(=Cc2ccc(-c3ccn[nH]3)cc2)CS)OC1(C)C. The summed E-state index contributed by atoms with van der Waals surface area (Å²) in [5, 5.41) is 6.95. The van der Waals surface area contributed by atoms with Crippen LogP contribution in [0.3, 0.4) is 0 Å². The van der Waals surface area contributed by atoms with E-state index in [1.54, 1.807) is 6.20 Å². The van der Waals surface area contributed by atoms with Crippen LogP contribution in [0.25, 0.3) is 17.3 Å². The van der Waals surface area contributed by atoms with E-state index in [0.29, 0.717) is 5.75 Å². The van der Waals surface area contributed by atoms with Crippen LogP contribution < -0.4 is 0 Å². The van der Waals surface area contributed by atoms with Crippen LogP contribution in [0.5, 0.6) is 0 Å². The van der Waals surface area contributed by atoms with Crippen LogP contribution in [0.1, 0.15) is 33.3 Å². The number of hydrogen-bond acceptors (Lipinski definition) is 4. The van der Waals surface area contributed by atoms with Gasteiger partial charge in [-0.05, 0) is 50.4 Å². The number of aromatic amines is 1. The molecular weight excluding hydrogens is 319 g/mol. The molecule has 0 radical (unpaired) electrons. The van der Waals surface area contributed by atoms with Crippen molar-refractivity contribution >= 4 is 25.8 Å². The molecule has 1 aromatic carbocycles. The van der Waals surface area contributed by atoms with Gasteiger partial charge in [0, 0.05) is 11.9 Å². The Labute approximate surface area is 149 Å². The summed E-state index contributed by atoms with van der Waals surface area (Å²) >= 11 is 4.46. The Balaban J connectivity index is 1.81. The molecule has 1 N–H and O–H groups in total. The van der Waals surface area contributed by atoms with Crippen LogP contribution in [-0.2, 0) is 9.31 Å². The van der Waals surface area contributed by atoms with E-state index in [1.807, 2.05) is 6.07 Å². The first kappa shape index (κ1) is 17.3. The lowest BCUT2D eigenvalue weighted by molar-refractivity contribution is 0.00578. The average Bonchev–Trinajstić information content (AvgIpc) is 3.12. The molecule has 2 heterocycles. The van der Waals surface area contributed by atoms with E-state index >= 15 is 0 Å². The molecule has 0 saturated carbocycles. The fourth-order valence-electron chi connectivity index (χ4n) is 2.57. The molecule has 0 bridgehead atoms. The summed E-state index contributed by atoms with van der Waals surface area (Å²) in [4.78, 5) is 0. The van der Waals surface area contributed by atoms with E-state index in [-0.39, 0.29) is 18.3 Å². The molecule has 0 spiro atoms. The van der Waals surface area contributed by atoms with Gasteiger partial charge in [-0.25, -0.2) is 0 Å². The summed E-state index contributed by atoms with van der Waals surface area (Å²) in [6.45, 7) is 8.23. The molecule has 6 heteroatoms. The number of rotatable bonds is 4. The summed E-state index contributed by atoms with van der Waals surface area (Å²) in [6.07, 6.45) is 3.84. The first-order valence-corrected chi connectivity index (χ1v) is 8.72. The number of thiol groups is 1. The van der Waals surface area contributed by atoms with Crippen molar-refractivity contribution < 1.29 is 9.31 Å².